The molecule has 1 aromatic heterocycles. The van der Waals surface area contributed by atoms with Crippen molar-refractivity contribution in [3.8, 4) is 5.75 Å². The topological polar surface area (TPSA) is 52.1 Å². The summed E-state index contributed by atoms with van der Waals surface area (Å²) in [6.45, 7) is 0. The zero-order valence-electron chi connectivity index (χ0n) is 7.36. The molecule has 0 aliphatic heterocycles. The third kappa shape index (κ3) is 1.66. The highest BCUT2D eigenvalue weighted by atomic mass is 16.5. The Labute approximate surface area is 76.0 Å². The molecule has 68 valence electrons. The molecule has 0 atom stereocenters. The summed E-state index contributed by atoms with van der Waals surface area (Å²) >= 11 is 0. The Hall–Kier alpha value is -1.45. The monoisotopic (exact) mass is 178 g/mol. The maximum atomic E-state index is 11.4. The number of hydrogen-bond donors (Lipinski definition) is 0. The lowest BCUT2D eigenvalue weighted by molar-refractivity contribution is 0.0957. The molecule has 13 heavy (non-hydrogen) atoms. The lowest BCUT2D eigenvalue weighted by Crippen LogP contribution is -2.06. The van der Waals surface area contributed by atoms with Crippen molar-refractivity contribution in [2.45, 2.75) is 12.8 Å². The molecular formula is C9H10N2O2. The van der Waals surface area contributed by atoms with E-state index in [9.17, 15) is 4.79 Å². The maximum Gasteiger partial charge on any atom is 0.203 e. The van der Waals surface area contributed by atoms with Crippen LogP contribution in [0, 0.1) is 5.92 Å². The van der Waals surface area contributed by atoms with Gasteiger partial charge in [0.1, 0.15) is 0 Å². The molecule has 1 aliphatic carbocycles. The summed E-state index contributed by atoms with van der Waals surface area (Å²) in [7, 11) is 1.54. The lowest BCUT2D eigenvalue weighted by atomic mass is 10.2. The first kappa shape index (κ1) is 8.16. The summed E-state index contributed by atoms with van der Waals surface area (Å²) in [5.74, 6) is 1.12. The average Bonchev–Trinajstić information content (AvgIpc) is 3.00. The van der Waals surface area contributed by atoms with Gasteiger partial charge in [0, 0.05) is 5.92 Å². The number of ether oxygens (including phenoxy) is 1. The van der Waals surface area contributed by atoms with Crippen molar-refractivity contribution in [3.05, 3.63) is 18.2 Å². The molecule has 0 unspecified atom stereocenters. The number of carbonyl (C=O) groups excluding carboxylic acids is 1. The van der Waals surface area contributed by atoms with Crippen molar-refractivity contribution in [2.75, 3.05) is 7.11 Å². The summed E-state index contributed by atoms with van der Waals surface area (Å²) in [5, 5.41) is 0. The highest BCUT2D eigenvalue weighted by Gasteiger charge is 2.32. The second kappa shape index (κ2) is 3.12. The predicted molar refractivity (Wildman–Crippen MR) is 45.6 cm³/mol. The average molecular weight is 178 g/mol. The van der Waals surface area contributed by atoms with Gasteiger partial charge in [0.2, 0.25) is 5.78 Å². The van der Waals surface area contributed by atoms with E-state index in [4.69, 9.17) is 4.74 Å². The highest BCUT2D eigenvalue weighted by molar-refractivity contribution is 5.95. The van der Waals surface area contributed by atoms with E-state index < -0.39 is 0 Å². The van der Waals surface area contributed by atoms with E-state index in [1.807, 2.05) is 0 Å². The highest BCUT2D eigenvalue weighted by Crippen LogP contribution is 2.31. The molecular weight excluding hydrogens is 168 g/mol. The van der Waals surface area contributed by atoms with Crippen LogP contribution in [0.25, 0.3) is 0 Å². The van der Waals surface area contributed by atoms with Gasteiger partial charge in [-0.3, -0.25) is 4.79 Å². The van der Waals surface area contributed by atoms with Gasteiger partial charge in [0.25, 0.3) is 0 Å². The summed E-state index contributed by atoms with van der Waals surface area (Å²) in [5.41, 5.74) is 0. The van der Waals surface area contributed by atoms with E-state index in [-0.39, 0.29) is 11.7 Å². The Kier molecular flexibility index (Phi) is 1.96. The number of aromatic nitrogens is 2. The predicted octanol–water partition coefficient (Wildman–Crippen LogP) is 1.08. The van der Waals surface area contributed by atoms with E-state index in [1.165, 1.54) is 12.4 Å². The second-order valence-corrected chi connectivity index (χ2v) is 3.09. The van der Waals surface area contributed by atoms with Crippen LogP contribution in [-0.2, 0) is 0 Å². The number of ketones is 1. The van der Waals surface area contributed by atoms with Gasteiger partial charge < -0.3 is 4.74 Å². The molecule has 2 rings (SSSR count). The number of hydrogen-bond acceptors (Lipinski definition) is 4. The van der Waals surface area contributed by atoms with Crippen LogP contribution in [0.2, 0.25) is 0 Å². The standard InChI is InChI=1S/C9H10N2O2/c1-13-7-4-10-9(11-5-7)8(12)6-2-3-6/h4-6H,2-3H2,1H3. The molecule has 0 aromatic carbocycles. The quantitative estimate of drug-likeness (QED) is 0.650. The van der Waals surface area contributed by atoms with Gasteiger partial charge in [0.15, 0.2) is 11.6 Å². The third-order valence-electron chi connectivity index (χ3n) is 2.03. The van der Waals surface area contributed by atoms with Crippen LogP contribution in [0.4, 0.5) is 0 Å². The molecule has 1 heterocycles. The van der Waals surface area contributed by atoms with Crippen LogP contribution in [0.15, 0.2) is 12.4 Å². The van der Waals surface area contributed by atoms with E-state index in [0.717, 1.165) is 12.8 Å². The van der Waals surface area contributed by atoms with Gasteiger partial charge in [-0.15, -0.1) is 0 Å². The fourth-order valence-corrected chi connectivity index (χ4v) is 1.08. The Balaban J connectivity index is 2.16. The molecule has 1 aliphatic rings. The first-order valence-corrected chi connectivity index (χ1v) is 4.21. The van der Waals surface area contributed by atoms with Crippen LogP contribution < -0.4 is 4.74 Å². The minimum atomic E-state index is 0.0580. The molecule has 1 aromatic rings. The van der Waals surface area contributed by atoms with Crippen molar-refractivity contribution in [1.82, 2.24) is 9.97 Å². The van der Waals surface area contributed by atoms with Crippen LogP contribution in [0.1, 0.15) is 23.5 Å². The third-order valence-corrected chi connectivity index (χ3v) is 2.03. The minimum Gasteiger partial charge on any atom is -0.494 e. The van der Waals surface area contributed by atoms with Gasteiger partial charge in [0.05, 0.1) is 19.5 Å². The Morgan fingerprint density at radius 3 is 2.54 bits per heavy atom. The number of rotatable bonds is 3. The molecule has 1 saturated carbocycles. The SMILES string of the molecule is COc1cnc(C(=O)C2CC2)nc1. The Bertz CT molecular complexity index is 317. The first-order valence-electron chi connectivity index (χ1n) is 4.21. The van der Waals surface area contributed by atoms with E-state index in [1.54, 1.807) is 7.11 Å². The summed E-state index contributed by atoms with van der Waals surface area (Å²) in [6.07, 6.45) is 4.99. The maximum absolute atomic E-state index is 11.4. The molecule has 0 spiro atoms. The zero-order chi connectivity index (χ0) is 9.26. The van der Waals surface area contributed by atoms with Gasteiger partial charge in [-0.1, -0.05) is 0 Å². The molecule has 0 N–H and O–H groups in total. The van der Waals surface area contributed by atoms with Crippen molar-refractivity contribution in [2.24, 2.45) is 5.92 Å². The number of Topliss-reactive ketones (excluding diaryl/α,β-unsaturated/α-hetero) is 1. The summed E-state index contributed by atoms with van der Waals surface area (Å²) in [6, 6.07) is 0. The Morgan fingerprint density at radius 2 is 2.08 bits per heavy atom. The zero-order valence-corrected chi connectivity index (χ0v) is 7.36. The lowest BCUT2D eigenvalue weighted by Gasteiger charge is -1.99. The largest absolute Gasteiger partial charge is 0.494 e. The summed E-state index contributed by atoms with van der Waals surface area (Å²) in [4.78, 5) is 19.3. The first-order chi connectivity index (χ1) is 6.31. The second-order valence-electron chi connectivity index (χ2n) is 3.09. The van der Waals surface area contributed by atoms with Gasteiger partial charge in [-0.25, -0.2) is 9.97 Å². The van der Waals surface area contributed by atoms with Gasteiger partial charge in [-0.05, 0) is 12.8 Å². The van der Waals surface area contributed by atoms with E-state index in [2.05, 4.69) is 9.97 Å². The van der Waals surface area contributed by atoms with Crippen molar-refractivity contribution >= 4 is 5.78 Å². The van der Waals surface area contributed by atoms with Crippen LogP contribution in [-0.4, -0.2) is 22.9 Å². The minimum absolute atomic E-state index is 0.0580. The fraction of sp³-hybridized carbons (Fsp3) is 0.444. The molecule has 1 fully saturated rings. The smallest absolute Gasteiger partial charge is 0.203 e. The van der Waals surface area contributed by atoms with E-state index >= 15 is 0 Å². The fourth-order valence-electron chi connectivity index (χ4n) is 1.08. The van der Waals surface area contributed by atoms with Crippen molar-refractivity contribution < 1.29 is 9.53 Å². The molecule has 0 amide bonds. The van der Waals surface area contributed by atoms with Crippen LogP contribution in [0.3, 0.4) is 0 Å². The van der Waals surface area contributed by atoms with Crippen molar-refractivity contribution in [1.29, 1.82) is 0 Å². The van der Waals surface area contributed by atoms with Gasteiger partial charge in [-0.2, -0.15) is 0 Å². The molecule has 0 bridgehead atoms. The number of nitrogens with zero attached hydrogens (tertiary/aromatic N) is 2. The van der Waals surface area contributed by atoms with Crippen molar-refractivity contribution in [3.63, 3.8) is 0 Å². The molecule has 0 saturated heterocycles. The normalized spacial score (nSPS) is 15.5. The molecule has 4 heteroatoms. The van der Waals surface area contributed by atoms with E-state index in [0.29, 0.717) is 11.6 Å². The van der Waals surface area contributed by atoms with Gasteiger partial charge >= 0.3 is 0 Å². The Morgan fingerprint density at radius 1 is 1.46 bits per heavy atom. The van der Waals surface area contributed by atoms with Crippen LogP contribution in [0.5, 0.6) is 5.75 Å². The summed E-state index contributed by atoms with van der Waals surface area (Å²) < 4.78 is 4.89. The number of carbonyl (C=O) groups is 1. The molecule has 0 radical (unpaired) electrons. The number of methoxy groups -OCH3 is 1. The molecule has 4 nitrogen and oxygen atoms in total. The van der Waals surface area contributed by atoms with Crippen LogP contribution >= 0.6 is 0 Å².